The molecule has 0 aromatic heterocycles. The number of hydrogen-bond donors (Lipinski definition) is 2. The van der Waals surface area contributed by atoms with E-state index in [1.54, 1.807) is 7.11 Å². The molecule has 3 N–H and O–H groups in total. The number of unbranched alkanes of at least 4 members (excludes halogenated alkanes) is 1. The van der Waals surface area contributed by atoms with Gasteiger partial charge in [-0.2, -0.15) is 0 Å². The third kappa shape index (κ3) is 7.10. The van der Waals surface area contributed by atoms with Crippen molar-refractivity contribution in [1.82, 2.24) is 0 Å². The molecule has 0 bridgehead atoms. The summed E-state index contributed by atoms with van der Waals surface area (Å²) in [5.74, 6) is 2.30. The molecule has 0 aliphatic carbocycles. The van der Waals surface area contributed by atoms with Gasteiger partial charge in [0.05, 0.1) is 20.3 Å². The Morgan fingerprint density at radius 1 is 1.21 bits per heavy atom. The molecular formula is C20H35NO3. The Labute approximate surface area is 147 Å². The smallest absolute Gasteiger partial charge is 0.161 e. The first-order valence-corrected chi connectivity index (χ1v) is 9.13. The van der Waals surface area contributed by atoms with Gasteiger partial charge in [-0.15, -0.1) is 0 Å². The maximum Gasteiger partial charge on any atom is 0.161 e. The maximum absolute atomic E-state index is 9.41. The number of benzene rings is 1. The van der Waals surface area contributed by atoms with Gasteiger partial charge in [-0.3, -0.25) is 0 Å². The summed E-state index contributed by atoms with van der Waals surface area (Å²) in [5, 5.41) is 9.41. The van der Waals surface area contributed by atoms with Crippen LogP contribution in [-0.4, -0.2) is 31.0 Å². The molecule has 0 spiro atoms. The molecule has 0 aliphatic heterocycles. The minimum Gasteiger partial charge on any atom is -0.493 e. The quantitative estimate of drug-likeness (QED) is 0.567. The van der Waals surface area contributed by atoms with E-state index in [1.165, 1.54) is 12.8 Å². The lowest BCUT2D eigenvalue weighted by molar-refractivity contribution is 0.183. The van der Waals surface area contributed by atoms with E-state index in [2.05, 4.69) is 19.9 Å². The third-order valence-electron chi connectivity index (χ3n) is 4.59. The van der Waals surface area contributed by atoms with Gasteiger partial charge < -0.3 is 20.3 Å². The van der Waals surface area contributed by atoms with Gasteiger partial charge in [-0.1, -0.05) is 33.3 Å². The van der Waals surface area contributed by atoms with Crippen LogP contribution in [0.3, 0.4) is 0 Å². The zero-order valence-corrected chi connectivity index (χ0v) is 15.8. The summed E-state index contributed by atoms with van der Waals surface area (Å²) in [6.07, 6.45) is 5.82. The molecule has 0 saturated heterocycles. The van der Waals surface area contributed by atoms with Crippen molar-refractivity contribution in [1.29, 1.82) is 0 Å². The fourth-order valence-corrected chi connectivity index (χ4v) is 2.58. The van der Waals surface area contributed by atoms with Gasteiger partial charge in [0.25, 0.3) is 0 Å². The summed E-state index contributed by atoms with van der Waals surface area (Å²) in [6, 6.07) is 6.04. The number of rotatable bonds is 12. The molecule has 1 aromatic rings. The molecule has 4 heteroatoms. The van der Waals surface area contributed by atoms with Crippen LogP contribution >= 0.6 is 0 Å². The van der Waals surface area contributed by atoms with E-state index in [-0.39, 0.29) is 6.61 Å². The van der Waals surface area contributed by atoms with Crippen LogP contribution < -0.4 is 15.2 Å². The minimum absolute atomic E-state index is 0.0121. The molecular weight excluding hydrogens is 302 g/mol. The van der Waals surface area contributed by atoms with E-state index in [9.17, 15) is 5.11 Å². The van der Waals surface area contributed by atoms with Crippen molar-refractivity contribution in [2.24, 2.45) is 11.7 Å². The lowest BCUT2D eigenvalue weighted by atomic mass is 9.90. The number of hydrogen-bond acceptors (Lipinski definition) is 4. The molecule has 1 aromatic carbocycles. The van der Waals surface area contributed by atoms with Gasteiger partial charge >= 0.3 is 0 Å². The Morgan fingerprint density at radius 2 is 1.96 bits per heavy atom. The third-order valence-corrected chi connectivity index (χ3v) is 4.59. The van der Waals surface area contributed by atoms with E-state index < -0.39 is 5.54 Å². The van der Waals surface area contributed by atoms with Gasteiger partial charge in [-0.05, 0) is 55.7 Å². The number of methoxy groups -OCH3 is 1. The van der Waals surface area contributed by atoms with Crippen LogP contribution in [0.2, 0.25) is 0 Å². The Bertz CT molecular complexity index is 470. The SMILES string of the molecule is CCC(N)(CO)CCc1ccc(OCCCCC(C)C)c(OC)c1. The lowest BCUT2D eigenvalue weighted by Gasteiger charge is -2.25. The van der Waals surface area contributed by atoms with Crippen LogP contribution in [0.15, 0.2) is 18.2 Å². The number of aliphatic hydroxyl groups is 1. The first kappa shape index (κ1) is 20.8. The first-order chi connectivity index (χ1) is 11.4. The zero-order chi connectivity index (χ0) is 18.0. The summed E-state index contributed by atoms with van der Waals surface area (Å²) in [7, 11) is 1.66. The topological polar surface area (TPSA) is 64.7 Å². The number of nitrogens with two attached hydrogens (primary N) is 1. The van der Waals surface area contributed by atoms with Crippen molar-refractivity contribution in [2.75, 3.05) is 20.3 Å². The van der Waals surface area contributed by atoms with Crippen molar-refractivity contribution >= 4 is 0 Å². The first-order valence-electron chi connectivity index (χ1n) is 9.13. The van der Waals surface area contributed by atoms with Crippen LogP contribution in [-0.2, 0) is 6.42 Å². The summed E-state index contributed by atoms with van der Waals surface area (Å²) in [4.78, 5) is 0. The van der Waals surface area contributed by atoms with Crippen LogP contribution in [0.4, 0.5) is 0 Å². The van der Waals surface area contributed by atoms with Crippen LogP contribution in [0.1, 0.15) is 58.4 Å². The molecule has 0 fully saturated rings. The second-order valence-corrected chi connectivity index (χ2v) is 7.10. The second-order valence-electron chi connectivity index (χ2n) is 7.10. The van der Waals surface area contributed by atoms with E-state index >= 15 is 0 Å². The average molecular weight is 338 g/mol. The fraction of sp³-hybridized carbons (Fsp3) is 0.700. The Hall–Kier alpha value is -1.26. The normalized spacial score (nSPS) is 13.8. The molecule has 1 unspecified atom stereocenters. The molecule has 0 amide bonds. The van der Waals surface area contributed by atoms with Gasteiger partial charge in [-0.25, -0.2) is 0 Å². The zero-order valence-electron chi connectivity index (χ0n) is 15.8. The standard InChI is InChI=1S/C20H35NO3/c1-5-20(21,15-22)12-11-17-9-10-18(19(14-17)23-4)24-13-7-6-8-16(2)3/h9-10,14,16,22H,5-8,11-13,15,21H2,1-4H3. The van der Waals surface area contributed by atoms with Crippen LogP contribution in [0.25, 0.3) is 0 Å². The molecule has 0 saturated carbocycles. The summed E-state index contributed by atoms with van der Waals surface area (Å²) in [6.45, 7) is 7.22. The molecule has 0 radical (unpaired) electrons. The van der Waals surface area contributed by atoms with E-state index in [0.717, 1.165) is 48.7 Å². The van der Waals surface area contributed by atoms with Gasteiger partial charge in [0.15, 0.2) is 11.5 Å². The number of aliphatic hydroxyl groups excluding tert-OH is 1. The largest absolute Gasteiger partial charge is 0.493 e. The highest BCUT2D eigenvalue weighted by atomic mass is 16.5. The van der Waals surface area contributed by atoms with E-state index in [1.807, 2.05) is 19.1 Å². The highest BCUT2D eigenvalue weighted by molar-refractivity contribution is 5.43. The van der Waals surface area contributed by atoms with Gasteiger partial charge in [0, 0.05) is 5.54 Å². The maximum atomic E-state index is 9.41. The monoisotopic (exact) mass is 337 g/mol. The van der Waals surface area contributed by atoms with Crippen molar-refractivity contribution in [3.63, 3.8) is 0 Å². The minimum atomic E-state index is -0.501. The molecule has 4 nitrogen and oxygen atoms in total. The highest BCUT2D eigenvalue weighted by Gasteiger charge is 2.21. The Morgan fingerprint density at radius 3 is 2.54 bits per heavy atom. The average Bonchev–Trinajstić information content (AvgIpc) is 2.59. The molecule has 24 heavy (non-hydrogen) atoms. The summed E-state index contributed by atoms with van der Waals surface area (Å²) < 4.78 is 11.3. The Balaban J connectivity index is 2.55. The van der Waals surface area contributed by atoms with Gasteiger partial charge in [0.2, 0.25) is 0 Å². The second kappa shape index (κ2) is 10.6. The summed E-state index contributed by atoms with van der Waals surface area (Å²) >= 11 is 0. The van der Waals surface area contributed by atoms with Crippen molar-refractivity contribution in [3.8, 4) is 11.5 Å². The summed E-state index contributed by atoms with van der Waals surface area (Å²) in [5.41, 5.74) is 6.80. The molecule has 0 aliphatic rings. The van der Waals surface area contributed by atoms with Crippen molar-refractivity contribution in [3.05, 3.63) is 23.8 Å². The fourth-order valence-electron chi connectivity index (χ4n) is 2.58. The lowest BCUT2D eigenvalue weighted by Crippen LogP contribution is -2.43. The molecule has 1 atom stereocenters. The van der Waals surface area contributed by atoms with E-state index in [0.29, 0.717) is 6.61 Å². The van der Waals surface area contributed by atoms with E-state index in [4.69, 9.17) is 15.2 Å². The number of aryl methyl sites for hydroxylation is 1. The van der Waals surface area contributed by atoms with Gasteiger partial charge in [0.1, 0.15) is 0 Å². The molecule has 0 heterocycles. The Kier molecular flexibility index (Phi) is 9.16. The van der Waals surface area contributed by atoms with Crippen LogP contribution in [0, 0.1) is 5.92 Å². The highest BCUT2D eigenvalue weighted by Crippen LogP contribution is 2.29. The predicted octanol–water partition coefficient (Wildman–Crippen LogP) is 3.93. The van der Waals surface area contributed by atoms with Crippen LogP contribution in [0.5, 0.6) is 11.5 Å². The van der Waals surface area contributed by atoms with Crippen molar-refractivity contribution in [2.45, 2.75) is 64.8 Å². The molecule has 1 rings (SSSR count). The predicted molar refractivity (Wildman–Crippen MR) is 99.8 cm³/mol. The van der Waals surface area contributed by atoms with Crippen molar-refractivity contribution < 1.29 is 14.6 Å². The molecule has 138 valence electrons. The number of ether oxygens (including phenoxy) is 2.